The number of halogens is 2. The predicted molar refractivity (Wildman–Crippen MR) is 104 cm³/mol. The minimum Gasteiger partial charge on any atom is -0.486 e. The number of carbonyl (C=O) groups excluding carboxylic acids is 1. The van der Waals surface area contributed by atoms with Gasteiger partial charge in [0.15, 0.2) is 23.1 Å². The molecule has 7 nitrogen and oxygen atoms in total. The lowest BCUT2D eigenvalue weighted by molar-refractivity contribution is -0.116. The fraction of sp³-hybridized carbons (Fsp3) is 0.316. The highest BCUT2D eigenvalue weighted by Crippen LogP contribution is 2.34. The number of nitrogens with zero attached hydrogens (tertiary/aromatic N) is 1. The van der Waals surface area contributed by atoms with Gasteiger partial charge >= 0.3 is 0 Å². The van der Waals surface area contributed by atoms with Crippen LogP contribution in [-0.2, 0) is 14.8 Å². The van der Waals surface area contributed by atoms with Gasteiger partial charge < -0.3 is 14.8 Å². The number of nitrogens with one attached hydrogen (secondary N) is 1. The van der Waals surface area contributed by atoms with E-state index < -0.39 is 27.6 Å². The van der Waals surface area contributed by atoms with Crippen molar-refractivity contribution in [2.24, 2.45) is 0 Å². The summed E-state index contributed by atoms with van der Waals surface area (Å²) in [4.78, 5) is 12.0. The molecule has 1 aliphatic heterocycles. The van der Waals surface area contributed by atoms with Gasteiger partial charge in [0.05, 0.1) is 11.9 Å². The van der Waals surface area contributed by atoms with Crippen molar-refractivity contribution in [3.8, 4) is 11.5 Å². The van der Waals surface area contributed by atoms with E-state index in [1.165, 1.54) is 10.4 Å². The Morgan fingerprint density at radius 1 is 1.07 bits per heavy atom. The molecular weight excluding hydrogens is 406 g/mol. The first-order valence-corrected chi connectivity index (χ1v) is 10.7. The van der Waals surface area contributed by atoms with Crippen molar-refractivity contribution in [2.45, 2.75) is 12.8 Å². The highest BCUT2D eigenvalue weighted by Gasteiger charge is 2.21. The van der Waals surface area contributed by atoms with E-state index in [9.17, 15) is 22.0 Å². The zero-order chi connectivity index (χ0) is 21.0. The maximum Gasteiger partial charge on any atom is 0.232 e. The van der Waals surface area contributed by atoms with Crippen molar-refractivity contribution in [2.75, 3.05) is 35.6 Å². The average Bonchev–Trinajstić information content (AvgIpc) is 2.67. The van der Waals surface area contributed by atoms with Crippen LogP contribution in [0.5, 0.6) is 11.5 Å². The number of rotatable bonds is 7. The van der Waals surface area contributed by atoms with Crippen molar-refractivity contribution >= 4 is 27.3 Å². The Morgan fingerprint density at radius 3 is 2.48 bits per heavy atom. The molecule has 0 saturated heterocycles. The van der Waals surface area contributed by atoms with Crippen LogP contribution in [0.4, 0.5) is 20.2 Å². The van der Waals surface area contributed by atoms with E-state index in [0.717, 1.165) is 18.4 Å². The maximum absolute atomic E-state index is 13.2. The molecule has 1 heterocycles. The third-order valence-corrected chi connectivity index (χ3v) is 5.38. The van der Waals surface area contributed by atoms with Crippen LogP contribution in [0.3, 0.4) is 0 Å². The van der Waals surface area contributed by atoms with Crippen molar-refractivity contribution in [1.82, 2.24) is 0 Å². The van der Waals surface area contributed by atoms with Gasteiger partial charge in [-0.3, -0.25) is 9.10 Å². The molecule has 1 N–H and O–H groups in total. The van der Waals surface area contributed by atoms with Crippen LogP contribution in [-0.4, -0.2) is 40.3 Å². The minimum atomic E-state index is -3.60. The van der Waals surface area contributed by atoms with Crippen LogP contribution in [0, 0.1) is 11.6 Å². The third kappa shape index (κ3) is 5.35. The van der Waals surface area contributed by atoms with Crippen molar-refractivity contribution in [3.63, 3.8) is 0 Å². The lowest BCUT2D eigenvalue weighted by Crippen LogP contribution is -2.31. The summed E-state index contributed by atoms with van der Waals surface area (Å²) in [6, 6.07) is 7.86. The molecule has 29 heavy (non-hydrogen) atoms. The number of amides is 1. The Labute approximate surface area is 167 Å². The Kier molecular flexibility index (Phi) is 6.21. The Balaban J connectivity index is 1.62. The van der Waals surface area contributed by atoms with Crippen molar-refractivity contribution in [1.29, 1.82) is 0 Å². The second kappa shape index (κ2) is 8.64. The summed E-state index contributed by atoms with van der Waals surface area (Å²) in [5.41, 5.74) is 0.526. The highest BCUT2D eigenvalue weighted by atomic mass is 32.2. The zero-order valence-corrected chi connectivity index (χ0v) is 16.5. The lowest BCUT2D eigenvalue weighted by Gasteiger charge is -2.25. The second-order valence-corrected chi connectivity index (χ2v) is 8.35. The Bertz CT molecular complexity index is 1010. The molecule has 2 aromatic carbocycles. The van der Waals surface area contributed by atoms with Gasteiger partial charge in [0.25, 0.3) is 0 Å². The van der Waals surface area contributed by atoms with E-state index in [2.05, 4.69) is 5.32 Å². The van der Waals surface area contributed by atoms with E-state index in [1.54, 1.807) is 18.2 Å². The summed E-state index contributed by atoms with van der Waals surface area (Å²) < 4.78 is 62.7. The molecule has 0 aromatic heterocycles. The highest BCUT2D eigenvalue weighted by molar-refractivity contribution is 7.92. The molecular formula is C19H20F2N2O5S. The second-order valence-electron chi connectivity index (χ2n) is 6.44. The summed E-state index contributed by atoms with van der Waals surface area (Å²) >= 11 is 0. The maximum atomic E-state index is 13.2. The molecule has 3 rings (SSSR count). The number of benzene rings is 2. The topological polar surface area (TPSA) is 84.9 Å². The number of carbonyl (C=O) groups is 1. The lowest BCUT2D eigenvalue weighted by atomic mass is 10.2. The van der Waals surface area contributed by atoms with Gasteiger partial charge in [-0.15, -0.1) is 0 Å². The van der Waals surface area contributed by atoms with Gasteiger partial charge in [-0.25, -0.2) is 17.2 Å². The monoisotopic (exact) mass is 426 g/mol. The number of ether oxygens (including phenoxy) is 2. The molecule has 1 amide bonds. The fourth-order valence-electron chi connectivity index (χ4n) is 2.85. The smallest absolute Gasteiger partial charge is 0.232 e. The molecule has 156 valence electrons. The first-order valence-electron chi connectivity index (χ1n) is 8.86. The number of anilines is 2. The summed E-state index contributed by atoms with van der Waals surface area (Å²) in [6.07, 6.45) is 1.29. The number of fused-ring (bicyclic) bond motifs is 1. The van der Waals surface area contributed by atoms with E-state index in [4.69, 9.17) is 9.47 Å². The van der Waals surface area contributed by atoms with E-state index in [-0.39, 0.29) is 25.1 Å². The van der Waals surface area contributed by atoms with Gasteiger partial charge in [0.2, 0.25) is 15.9 Å². The number of hydrogen-bond acceptors (Lipinski definition) is 5. The molecule has 2 aromatic rings. The molecule has 1 aliphatic rings. The summed E-state index contributed by atoms with van der Waals surface area (Å²) in [5, 5.41) is 2.45. The molecule has 0 saturated carbocycles. The normalized spacial score (nSPS) is 13.1. The largest absolute Gasteiger partial charge is 0.486 e. The fourth-order valence-corrected chi connectivity index (χ4v) is 3.81. The van der Waals surface area contributed by atoms with Crippen LogP contribution in [0.1, 0.15) is 12.8 Å². The number of sulfonamides is 1. The molecule has 0 aliphatic carbocycles. The summed E-state index contributed by atoms with van der Waals surface area (Å²) in [6.45, 7) is 0.859. The van der Waals surface area contributed by atoms with E-state index in [1.807, 2.05) is 0 Å². The first-order chi connectivity index (χ1) is 13.7. The Hall–Kier alpha value is -2.88. The van der Waals surface area contributed by atoms with Gasteiger partial charge in [0.1, 0.15) is 13.2 Å². The van der Waals surface area contributed by atoms with E-state index in [0.29, 0.717) is 30.4 Å². The minimum absolute atomic E-state index is 0.00440. The molecule has 0 bridgehead atoms. The molecule has 10 heteroatoms. The van der Waals surface area contributed by atoms with Crippen molar-refractivity contribution < 1.29 is 31.5 Å². The number of hydrogen-bond donors (Lipinski definition) is 1. The van der Waals surface area contributed by atoms with Gasteiger partial charge in [-0.05, 0) is 30.7 Å². The molecule has 0 radical (unpaired) electrons. The van der Waals surface area contributed by atoms with E-state index >= 15 is 0 Å². The van der Waals surface area contributed by atoms with Crippen LogP contribution < -0.4 is 19.1 Å². The quantitative estimate of drug-likeness (QED) is 0.736. The van der Waals surface area contributed by atoms with Gasteiger partial charge in [-0.1, -0.05) is 0 Å². The zero-order valence-electron chi connectivity index (χ0n) is 15.7. The van der Waals surface area contributed by atoms with Gasteiger partial charge in [0, 0.05) is 30.8 Å². The Morgan fingerprint density at radius 2 is 1.79 bits per heavy atom. The standard InChI is InChI=1S/C19H20F2N2O5S/c1-29(25,26)23(14-5-7-17-18(12-14)28-10-9-27-17)8-2-3-19(24)22-13-4-6-15(20)16(21)11-13/h4-7,11-12H,2-3,8-10H2,1H3,(H,22,24). The first kappa shape index (κ1) is 20.8. The molecule has 0 spiro atoms. The average molecular weight is 426 g/mol. The molecule has 0 unspecified atom stereocenters. The summed E-state index contributed by atoms with van der Waals surface area (Å²) in [7, 11) is -3.60. The van der Waals surface area contributed by atoms with Gasteiger partial charge in [-0.2, -0.15) is 0 Å². The summed E-state index contributed by atoms with van der Waals surface area (Å²) in [5.74, 6) is -1.51. The van der Waals surface area contributed by atoms with Crippen molar-refractivity contribution in [3.05, 3.63) is 48.0 Å². The van der Waals surface area contributed by atoms with Crippen LogP contribution in [0.2, 0.25) is 0 Å². The predicted octanol–water partition coefficient (Wildman–Crippen LogP) is 2.92. The molecule has 0 atom stereocenters. The van der Waals surface area contributed by atoms with Crippen LogP contribution in [0.15, 0.2) is 36.4 Å². The third-order valence-electron chi connectivity index (χ3n) is 4.18. The molecule has 0 fully saturated rings. The van der Waals surface area contributed by atoms with Crippen LogP contribution in [0.25, 0.3) is 0 Å². The van der Waals surface area contributed by atoms with Crippen LogP contribution >= 0.6 is 0 Å². The SMILES string of the molecule is CS(=O)(=O)N(CCCC(=O)Nc1ccc(F)c(F)c1)c1ccc2c(c1)OCCO2.